The standard InChI is InChI=1S/C13H22O2/c1-2-9-15-13-8-7-12(14)10-5-3-4-6-11(10)13/h2,10-14H,1,3-9H2/t10-,11+,12-,13+/m0/s1. The SMILES string of the molecule is C=CCO[C@@H]1CC[C@H](O)[C@H]2CCCC[C@H]21. The quantitative estimate of drug-likeness (QED) is 0.725. The van der Waals surface area contributed by atoms with E-state index >= 15 is 0 Å². The fourth-order valence-electron chi connectivity index (χ4n) is 3.29. The van der Waals surface area contributed by atoms with Gasteiger partial charge in [0.25, 0.3) is 0 Å². The van der Waals surface area contributed by atoms with Crippen molar-refractivity contribution in [3.05, 3.63) is 12.7 Å². The van der Waals surface area contributed by atoms with Gasteiger partial charge in [-0.3, -0.25) is 0 Å². The molecule has 0 unspecified atom stereocenters. The molecule has 2 nitrogen and oxygen atoms in total. The van der Waals surface area contributed by atoms with Gasteiger partial charge >= 0.3 is 0 Å². The Hall–Kier alpha value is -0.340. The van der Waals surface area contributed by atoms with Crippen molar-refractivity contribution in [2.24, 2.45) is 11.8 Å². The van der Waals surface area contributed by atoms with Gasteiger partial charge in [-0.1, -0.05) is 18.9 Å². The lowest BCUT2D eigenvalue weighted by Gasteiger charge is -2.43. The van der Waals surface area contributed by atoms with E-state index in [1.54, 1.807) is 0 Å². The van der Waals surface area contributed by atoms with Crippen LogP contribution in [0, 0.1) is 11.8 Å². The van der Waals surface area contributed by atoms with Crippen LogP contribution in [0.3, 0.4) is 0 Å². The van der Waals surface area contributed by atoms with E-state index in [4.69, 9.17) is 4.74 Å². The molecule has 86 valence electrons. The Balaban J connectivity index is 1.97. The zero-order valence-electron chi connectivity index (χ0n) is 9.40. The number of fused-ring (bicyclic) bond motifs is 1. The number of hydrogen-bond acceptors (Lipinski definition) is 2. The van der Waals surface area contributed by atoms with Gasteiger partial charge < -0.3 is 9.84 Å². The third-order valence-electron chi connectivity index (χ3n) is 4.02. The molecule has 0 amide bonds. The van der Waals surface area contributed by atoms with E-state index in [-0.39, 0.29) is 6.10 Å². The lowest BCUT2D eigenvalue weighted by atomic mass is 9.68. The molecule has 4 atom stereocenters. The topological polar surface area (TPSA) is 29.5 Å². The zero-order valence-corrected chi connectivity index (χ0v) is 9.40. The molecule has 2 rings (SSSR count). The lowest BCUT2D eigenvalue weighted by Crippen LogP contribution is -2.43. The maximum atomic E-state index is 9.97. The highest BCUT2D eigenvalue weighted by Crippen LogP contribution is 2.41. The minimum absolute atomic E-state index is 0.0705. The maximum absolute atomic E-state index is 9.97. The summed E-state index contributed by atoms with van der Waals surface area (Å²) in [5.41, 5.74) is 0. The Kier molecular flexibility index (Phi) is 3.81. The van der Waals surface area contributed by atoms with E-state index in [2.05, 4.69) is 6.58 Å². The molecule has 2 fully saturated rings. The molecule has 0 saturated heterocycles. The predicted octanol–water partition coefficient (Wildman–Crippen LogP) is 2.52. The van der Waals surface area contributed by atoms with Crippen LogP contribution < -0.4 is 0 Å². The molecule has 0 radical (unpaired) electrons. The molecule has 15 heavy (non-hydrogen) atoms. The van der Waals surface area contributed by atoms with Crippen LogP contribution in [0.4, 0.5) is 0 Å². The largest absolute Gasteiger partial charge is 0.393 e. The Morgan fingerprint density at radius 3 is 2.60 bits per heavy atom. The van der Waals surface area contributed by atoms with Crippen molar-refractivity contribution in [2.45, 2.75) is 50.7 Å². The van der Waals surface area contributed by atoms with E-state index in [0.29, 0.717) is 24.5 Å². The first-order valence-corrected chi connectivity index (χ1v) is 6.23. The second kappa shape index (κ2) is 5.13. The summed E-state index contributed by atoms with van der Waals surface area (Å²) in [6, 6.07) is 0. The van der Waals surface area contributed by atoms with Crippen molar-refractivity contribution in [2.75, 3.05) is 6.61 Å². The van der Waals surface area contributed by atoms with Gasteiger partial charge in [-0.25, -0.2) is 0 Å². The van der Waals surface area contributed by atoms with E-state index in [1.165, 1.54) is 25.7 Å². The summed E-state index contributed by atoms with van der Waals surface area (Å²) in [6.07, 6.45) is 9.09. The van der Waals surface area contributed by atoms with Gasteiger partial charge in [0.15, 0.2) is 0 Å². The van der Waals surface area contributed by atoms with Crippen LogP contribution in [-0.2, 0) is 4.74 Å². The highest BCUT2D eigenvalue weighted by molar-refractivity contribution is 4.90. The molecule has 0 spiro atoms. The van der Waals surface area contributed by atoms with Gasteiger partial charge in [-0.2, -0.15) is 0 Å². The van der Waals surface area contributed by atoms with Crippen LogP contribution in [0.2, 0.25) is 0 Å². The summed E-state index contributed by atoms with van der Waals surface area (Å²) in [5, 5.41) is 9.97. The van der Waals surface area contributed by atoms with Crippen LogP contribution in [0.25, 0.3) is 0 Å². The van der Waals surface area contributed by atoms with Gasteiger partial charge in [-0.15, -0.1) is 6.58 Å². The third-order valence-corrected chi connectivity index (χ3v) is 4.02. The maximum Gasteiger partial charge on any atom is 0.0648 e. The van der Waals surface area contributed by atoms with Crippen molar-refractivity contribution < 1.29 is 9.84 Å². The molecule has 0 aromatic rings. The van der Waals surface area contributed by atoms with E-state index in [1.807, 2.05) is 6.08 Å². The second-order valence-electron chi connectivity index (χ2n) is 4.92. The fourth-order valence-corrected chi connectivity index (χ4v) is 3.29. The van der Waals surface area contributed by atoms with Gasteiger partial charge in [0.05, 0.1) is 18.8 Å². The molecule has 0 aromatic carbocycles. The Morgan fingerprint density at radius 1 is 1.13 bits per heavy atom. The summed E-state index contributed by atoms with van der Waals surface area (Å²) in [4.78, 5) is 0. The fraction of sp³-hybridized carbons (Fsp3) is 0.846. The third kappa shape index (κ3) is 2.43. The highest BCUT2D eigenvalue weighted by Gasteiger charge is 2.40. The lowest BCUT2D eigenvalue weighted by molar-refractivity contribution is -0.0857. The normalized spacial score (nSPS) is 40.9. The molecule has 0 bridgehead atoms. The van der Waals surface area contributed by atoms with Crippen molar-refractivity contribution in [3.8, 4) is 0 Å². The second-order valence-corrected chi connectivity index (χ2v) is 4.92. The van der Waals surface area contributed by atoms with E-state index in [9.17, 15) is 5.11 Å². The van der Waals surface area contributed by atoms with Crippen LogP contribution in [0.1, 0.15) is 38.5 Å². The number of ether oxygens (including phenoxy) is 1. The van der Waals surface area contributed by atoms with Crippen LogP contribution in [0.15, 0.2) is 12.7 Å². The summed E-state index contributed by atoms with van der Waals surface area (Å²) < 4.78 is 5.82. The van der Waals surface area contributed by atoms with Gasteiger partial charge in [0.1, 0.15) is 0 Å². The molecule has 2 saturated carbocycles. The first-order valence-electron chi connectivity index (χ1n) is 6.23. The minimum atomic E-state index is -0.0705. The Morgan fingerprint density at radius 2 is 1.87 bits per heavy atom. The first kappa shape index (κ1) is 11.2. The predicted molar refractivity (Wildman–Crippen MR) is 60.6 cm³/mol. The van der Waals surface area contributed by atoms with E-state index in [0.717, 1.165) is 12.8 Å². The average molecular weight is 210 g/mol. The molecular formula is C13H22O2. The highest BCUT2D eigenvalue weighted by atomic mass is 16.5. The first-order chi connectivity index (χ1) is 7.33. The zero-order chi connectivity index (χ0) is 10.7. The summed E-state index contributed by atoms with van der Waals surface area (Å²) >= 11 is 0. The van der Waals surface area contributed by atoms with Crippen LogP contribution >= 0.6 is 0 Å². The average Bonchev–Trinajstić information content (AvgIpc) is 2.29. The monoisotopic (exact) mass is 210 g/mol. The number of hydrogen-bond donors (Lipinski definition) is 1. The number of rotatable bonds is 3. The number of aliphatic hydroxyl groups excluding tert-OH is 1. The van der Waals surface area contributed by atoms with Gasteiger partial charge in [0, 0.05) is 0 Å². The summed E-state index contributed by atoms with van der Waals surface area (Å²) in [6.45, 7) is 4.35. The summed E-state index contributed by atoms with van der Waals surface area (Å²) in [7, 11) is 0. The molecular weight excluding hydrogens is 188 g/mol. The molecule has 1 N–H and O–H groups in total. The number of aliphatic hydroxyl groups is 1. The van der Waals surface area contributed by atoms with Crippen molar-refractivity contribution in [1.29, 1.82) is 0 Å². The molecule has 0 aliphatic heterocycles. The molecule has 0 heterocycles. The van der Waals surface area contributed by atoms with Crippen LogP contribution in [0.5, 0.6) is 0 Å². The molecule has 0 aromatic heterocycles. The minimum Gasteiger partial charge on any atom is -0.393 e. The van der Waals surface area contributed by atoms with Crippen LogP contribution in [-0.4, -0.2) is 23.9 Å². The molecule has 2 aliphatic carbocycles. The Labute approximate surface area is 92.3 Å². The molecule has 2 heteroatoms. The van der Waals surface area contributed by atoms with E-state index < -0.39 is 0 Å². The van der Waals surface area contributed by atoms with Gasteiger partial charge in [-0.05, 0) is 37.5 Å². The Bertz CT molecular complexity index is 215. The van der Waals surface area contributed by atoms with Crippen molar-refractivity contribution >= 4 is 0 Å². The molecule has 2 aliphatic rings. The van der Waals surface area contributed by atoms with Gasteiger partial charge in [0.2, 0.25) is 0 Å². The van der Waals surface area contributed by atoms with Crippen molar-refractivity contribution in [3.63, 3.8) is 0 Å². The smallest absolute Gasteiger partial charge is 0.0648 e. The summed E-state index contributed by atoms with van der Waals surface area (Å²) in [5.74, 6) is 1.10. The van der Waals surface area contributed by atoms with Crippen molar-refractivity contribution in [1.82, 2.24) is 0 Å².